The van der Waals surface area contributed by atoms with Crippen LogP contribution in [0.15, 0.2) is 47.4 Å². The summed E-state index contributed by atoms with van der Waals surface area (Å²) in [5, 5.41) is 21.3. The third kappa shape index (κ3) is 9.11. The molecule has 0 aliphatic heterocycles. The van der Waals surface area contributed by atoms with Crippen molar-refractivity contribution in [3.8, 4) is 5.75 Å². The van der Waals surface area contributed by atoms with E-state index in [1.54, 1.807) is 19.9 Å². The first-order valence-corrected chi connectivity index (χ1v) is 12.6. The summed E-state index contributed by atoms with van der Waals surface area (Å²) in [5.41, 5.74) is 1.26. The van der Waals surface area contributed by atoms with E-state index in [1.165, 1.54) is 29.6 Å². The van der Waals surface area contributed by atoms with E-state index >= 15 is 0 Å². The minimum atomic E-state index is -3.65. The molecule has 2 rings (SSSR count). The third-order valence-electron chi connectivity index (χ3n) is 4.89. The first-order chi connectivity index (χ1) is 16.9. The molecule has 0 fully saturated rings. The Kier molecular flexibility index (Phi) is 12.3. The zero-order valence-corrected chi connectivity index (χ0v) is 21.9. The molecule has 13 heteroatoms. The van der Waals surface area contributed by atoms with Crippen molar-refractivity contribution in [3.63, 3.8) is 0 Å². The van der Waals surface area contributed by atoms with E-state index in [0.29, 0.717) is 29.5 Å². The number of hydrogen-bond donors (Lipinski definition) is 4. The standard InChI is InChI=1S/C21H28ClN3O4S.C2H2O4/c1-5-25(6-2)30(27,28)18-10-11-20(29-4)19(13-18)24-21(26)14-23-15(3)16-8-7-9-17(22)12-16;3-1(4)2(5)6/h7-13,15,23H,5-6,14H2,1-4H3,(H,24,26);(H,3,4)(H,5,6). The van der Waals surface area contributed by atoms with Gasteiger partial charge in [-0.15, -0.1) is 0 Å². The second-order valence-corrected chi connectivity index (χ2v) is 9.64. The maximum absolute atomic E-state index is 12.8. The molecule has 0 saturated heterocycles. The van der Waals surface area contributed by atoms with Crippen LogP contribution < -0.4 is 15.4 Å². The SMILES string of the molecule is CCN(CC)S(=O)(=O)c1ccc(OC)c(NC(=O)CNC(C)c2cccc(Cl)c2)c1.O=C(O)C(=O)O. The van der Waals surface area contributed by atoms with Gasteiger partial charge in [0.15, 0.2) is 0 Å². The molecule has 198 valence electrons. The summed E-state index contributed by atoms with van der Waals surface area (Å²) in [4.78, 5) is 30.8. The van der Waals surface area contributed by atoms with Gasteiger partial charge in [0.1, 0.15) is 5.75 Å². The maximum atomic E-state index is 12.8. The first kappa shape index (κ1) is 30.8. The van der Waals surface area contributed by atoms with Crippen molar-refractivity contribution in [2.75, 3.05) is 32.1 Å². The highest BCUT2D eigenvalue weighted by molar-refractivity contribution is 7.89. The van der Waals surface area contributed by atoms with Gasteiger partial charge in [-0.1, -0.05) is 37.6 Å². The number of methoxy groups -OCH3 is 1. The number of nitrogens with zero attached hydrogens (tertiary/aromatic N) is 1. The van der Waals surface area contributed by atoms with E-state index in [2.05, 4.69) is 10.6 Å². The number of amides is 1. The van der Waals surface area contributed by atoms with Crippen molar-refractivity contribution in [1.29, 1.82) is 0 Å². The van der Waals surface area contributed by atoms with Crippen molar-refractivity contribution in [2.45, 2.75) is 31.7 Å². The van der Waals surface area contributed by atoms with Gasteiger partial charge in [0, 0.05) is 24.2 Å². The lowest BCUT2D eigenvalue weighted by Gasteiger charge is -2.20. The number of hydrogen-bond acceptors (Lipinski definition) is 7. The lowest BCUT2D eigenvalue weighted by atomic mass is 10.1. The Morgan fingerprint density at radius 1 is 1.06 bits per heavy atom. The maximum Gasteiger partial charge on any atom is 0.414 e. The molecule has 0 saturated carbocycles. The van der Waals surface area contributed by atoms with Gasteiger partial charge in [-0.2, -0.15) is 4.31 Å². The van der Waals surface area contributed by atoms with Gasteiger partial charge in [0.2, 0.25) is 15.9 Å². The topological polar surface area (TPSA) is 162 Å². The highest BCUT2D eigenvalue weighted by atomic mass is 35.5. The van der Waals surface area contributed by atoms with E-state index in [1.807, 2.05) is 25.1 Å². The van der Waals surface area contributed by atoms with Gasteiger partial charge in [0.25, 0.3) is 0 Å². The highest BCUT2D eigenvalue weighted by Gasteiger charge is 2.23. The van der Waals surface area contributed by atoms with Crippen LogP contribution in [0.2, 0.25) is 5.02 Å². The number of carboxylic acid groups (broad SMARTS) is 2. The predicted octanol–water partition coefficient (Wildman–Crippen LogP) is 2.82. The van der Waals surface area contributed by atoms with Crippen LogP contribution in [0.5, 0.6) is 5.75 Å². The molecule has 1 atom stereocenters. The third-order valence-corrected chi connectivity index (χ3v) is 7.17. The smallest absolute Gasteiger partial charge is 0.414 e. The lowest BCUT2D eigenvalue weighted by molar-refractivity contribution is -0.159. The summed E-state index contributed by atoms with van der Waals surface area (Å²) in [5.74, 6) is -3.59. The zero-order chi connectivity index (χ0) is 27.5. The number of sulfonamides is 1. The Morgan fingerprint density at radius 3 is 2.17 bits per heavy atom. The molecular formula is C23H30ClN3O8S. The van der Waals surface area contributed by atoms with Gasteiger partial charge < -0.3 is 25.6 Å². The van der Waals surface area contributed by atoms with Gasteiger partial charge in [-0.25, -0.2) is 18.0 Å². The summed E-state index contributed by atoms with van der Waals surface area (Å²) < 4.78 is 32.2. The normalized spacial score (nSPS) is 11.7. The van der Waals surface area contributed by atoms with E-state index in [4.69, 9.17) is 36.1 Å². The molecule has 0 bridgehead atoms. The Labute approximate surface area is 215 Å². The molecule has 0 aliphatic carbocycles. The molecule has 2 aromatic rings. The molecule has 1 amide bonds. The minimum absolute atomic E-state index is 0.0316. The number of ether oxygens (including phenoxy) is 1. The fourth-order valence-electron chi connectivity index (χ4n) is 2.99. The van der Waals surface area contributed by atoms with Crippen LogP contribution in [0.1, 0.15) is 32.4 Å². The molecule has 0 heterocycles. The highest BCUT2D eigenvalue weighted by Crippen LogP contribution is 2.29. The van der Waals surface area contributed by atoms with Crippen molar-refractivity contribution in [3.05, 3.63) is 53.1 Å². The van der Waals surface area contributed by atoms with Crippen LogP contribution in [0.3, 0.4) is 0 Å². The number of carboxylic acids is 2. The lowest BCUT2D eigenvalue weighted by Crippen LogP contribution is -2.31. The largest absolute Gasteiger partial charge is 0.495 e. The second kappa shape index (κ2) is 14.4. The summed E-state index contributed by atoms with van der Waals surface area (Å²) >= 11 is 6.01. The van der Waals surface area contributed by atoms with E-state index in [9.17, 15) is 13.2 Å². The van der Waals surface area contributed by atoms with Crippen molar-refractivity contribution < 1.29 is 37.8 Å². The average Bonchev–Trinajstić information content (AvgIpc) is 2.83. The first-order valence-electron chi connectivity index (χ1n) is 10.8. The Hall–Kier alpha value is -3.19. The van der Waals surface area contributed by atoms with Gasteiger partial charge >= 0.3 is 11.9 Å². The van der Waals surface area contributed by atoms with E-state index < -0.39 is 22.0 Å². The fourth-order valence-corrected chi connectivity index (χ4v) is 4.68. The Bertz CT molecular complexity index is 1160. The molecular weight excluding hydrogens is 514 g/mol. The number of nitrogens with one attached hydrogen (secondary N) is 2. The Morgan fingerprint density at radius 2 is 1.67 bits per heavy atom. The molecule has 1 unspecified atom stereocenters. The van der Waals surface area contributed by atoms with Crippen molar-refractivity contribution in [2.24, 2.45) is 0 Å². The van der Waals surface area contributed by atoms with Gasteiger partial charge in [0.05, 0.1) is 24.2 Å². The quantitative estimate of drug-likeness (QED) is 0.330. The van der Waals surface area contributed by atoms with Gasteiger partial charge in [-0.05, 0) is 42.8 Å². The van der Waals surface area contributed by atoms with Crippen molar-refractivity contribution >= 4 is 45.2 Å². The number of carbonyl (C=O) groups excluding carboxylic acids is 1. The molecule has 0 aromatic heterocycles. The number of aliphatic carboxylic acids is 2. The monoisotopic (exact) mass is 543 g/mol. The van der Waals surface area contributed by atoms with Crippen LogP contribution in [0.4, 0.5) is 5.69 Å². The molecule has 0 radical (unpaired) electrons. The van der Waals surface area contributed by atoms with Crippen LogP contribution in [0.25, 0.3) is 0 Å². The summed E-state index contributed by atoms with van der Waals surface area (Å²) in [6, 6.07) is 11.7. The van der Waals surface area contributed by atoms with E-state index in [-0.39, 0.29) is 23.4 Å². The molecule has 4 N–H and O–H groups in total. The van der Waals surface area contributed by atoms with Crippen LogP contribution in [-0.4, -0.2) is 67.5 Å². The van der Waals surface area contributed by atoms with Crippen LogP contribution >= 0.6 is 11.6 Å². The number of halogens is 1. The second-order valence-electron chi connectivity index (χ2n) is 7.27. The summed E-state index contributed by atoms with van der Waals surface area (Å²) in [6.45, 7) is 6.23. The van der Waals surface area contributed by atoms with Gasteiger partial charge in [-0.3, -0.25) is 4.79 Å². The number of benzene rings is 2. The van der Waals surface area contributed by atoms with Crippen LogP contribution in [0, 0.1) is 0 Å². The molecule has 11 nitrogen and oxygen atoms in total. The summed E-state index contributed by atoms with van der Waals surface area (Å²) in [7, 11) is -2.19. The van der Waals surface area contributed by atoms with Crippen LogP contribution in [-0.2, 0) is 24.4 Å². The number of anilines is 1. The molecule has 0 aliphatic rings. The molecule has 36 heavy (non-hydrogen) atoms. The minimum Gasteiger partial charge on any atom is -0.495 e. The molecule has 2 aromatic carbocycles. The zero-order valence-electron chi connectivity index (χ0n) is 20.3. The average molecular weight is 544 g/mol. The Balaban J connectivity index is 0.000000960. The number of rotatable bonds is 10. The van der Waals surface area contributed by atoms with Crippen molar-refractivity contribution in [1.82, 2.24) is 9.62 Å². The predicted molar refractivity (Wildman–Crippen MR) is 135 cm³/mol. The van der Waals surface area contributed by atoms with E-state index in [0.717, 1.165) is 5.56 Å². The number of carbonyl (C=O) groups is 3. The summed E-state index contributed by atoms with van der Waals surface area (Å²) in [6.07, 6.45) is 0. The fraction of sp³-hybridized carbons (Fsp3) is 0.348. The molecule has 0 spiro atoms.